The molecule has 1 aromatic carbocycles. The van der Waals surface area contributed by atoms with Gasteiger partial charge in [-0.1, -0.05) is 12.1 Å². The molecule has 1 aliphatic heterocycles. The van der Waals surface area contributed by atoms with Gasteiger partial charge < -0.3 is 5.32 Å². The van der Waals surface area contributed by atoms with Gasteiger partial charge >= 0.3 is 0 Å². The predicted octanol–water partition coefficient (Wildman–Crippen LogP) is 1.41. The normalized spacial score (nSPS) is 13.5. The molecule has 0 aromatic heterocycles. The highest BCUT2D eigenvalue weighted by atomic mass is 14.9. The third-order valence-corrected chi connectivity index (χ3v) is 1.40. The van der Waals surface area contributed by atoms with Crippen molar-refractivity contribution in [3.63, 3.8) is 0 Å². The van der Waals surface area contributed by atoms with Gasteiger partial charge in [-0.25, -0.2) is 0 Å². The zero-order valence-corrected chi connectivity index (χ0v) is 4.44. The lowest BCUT2D eigenvalue weighted by molar-refractivity contribution is 1.05. The van der Waals surface area contributed by atoms with E-state index in [1.165, 1.54) is 11.3 Å². The van der Waals surface area contributed by atoms with Gasteiger partial charge in [0.1, 0.15) is 0 Å². The maximum Gasteiger partial charge on any atom is 0.0427 e. The van der Waals surface area contributed by atoms with E-state index >= 15 is 0 Å². The van der Waals surface area contributed by atoms with Crippen molar-refractivity contribution in [1.29, 1.82) is 0 Å². The molecule has 1 nitrogen and oxygen atoms in total. The van der Waals surface area contributed by atoms with Crippen LogP contribution in [-0.4, -0.2) is 0 Å². The van der Waals surface area contributed by atoms with Gasteiger partial charge in [-0.15, -0.1) is 0 Å². The minimum atomic E-state index is 0.996. The number of anilines is 1. The van der Waals surface area contributed by atoms with Crippen LogP contribution >= 0.6 is 0 Å². The van der Waals surface area contributed by atoms with E-state index in [1.807, 2.05) is 12.1 Å². The van der Waals surface area contributed by atoms with Crippen LogP contribution in [0.5, 0.6) is 0 Å². The van der Waals surface area contributed by atoms with Gasteiger partial charge in [-0.2, -0.15) is 0 Å². The number of fused-ring (bicyclic) bond motifs is 1. The minimum Gasteiger partial charge on any atom is -0.381 e. The van der Waals surface area contributed by atoms with E-state index in [0.717, 1.165) is 6.54 Å². The highest BCUT2D eigenvalue weighted by molar-refractivity contribution is 5.58. The average Bonchev–Trinajstić information content (AvgIpc) is 1.72. The van der Waals surface area contributed by atoms with E-state index in [-0.39, 0.29) is 0 Å². The molecule has 1 aromatic rings. The van der Waals surface area contributed by atoms with Crippen LogP contribution in [0.25, 0.3) is 0 Å². The molecule has 0 fully saturated rings. The lowest BCUT2D eigenvalue weighted by atomic mass is 10.1. The summed E-state index contributed by atoms with van der Waals surface area (Å²) in [6.07, 6.45) is 0. The molecule has 0 spiro atoms. The molecule has 0 atom stereocenters. The second-order valence-electron chi connectivity index (χ2n) is 1.92. The van der Waals surface area contributed by atoms with Crippen LogP contribution in [0, 0.1) is 6.07 Å². The fourth-order valence-corrected chi connectivity index (χ4v) is 0.860. The van der Waals surface area contributed by atoms with Gasteiger partial charge in [0.2, 0.25) is 0 Å². The van der Waals surface area contributed by atoms with Crippen LogP contribution in [0.4, 0.5) is 5.69 Å². The molecule has 0 amide bonds. The van der Waals surface area contributed by atoms with Crippen molar-refractivity contribution in [1.82, 2.24) is 0 Å². The Balaban J connectivity index is 2.62. The standard InChI is InChI=1S/C7H6N/c1-2-4-7-6(3-1)5-8-7/h1-2,4,8H,5H2. The Bertz CT molecular complexity index is 182. The Morgan fingerprint density at radius 1 is 1.62 bits per heavy atom. The van der Waals surface area contributed by atoms with Gasteiger partial charge in [0.25, 0.3) is 0 Å². The van der Waals surface area contributed by atoms with Crippen molar-refractivity contribution >= 4 is 5.69 Å². The van der Waals surface area contributed by atoms with E-state index in [4.69, 9.17) is 0 Å². The van der Waals surface area contributed by atoms with Gasteiger partial charge in [-0.05, 0) is 12.1 Å². The zero-order chi connectivity index (χ0) is 5.40. The van der Waals surface area contributed by atoms with Crippen molar-refractivity contribution in [2.75, 3.05) is 5.32 Å². The topological polar surface area (TPSA) is 12.0 Å². The lowest BCUT2D eigenvalue weighted by Gasteiger charge is -2.19. The summed E-state index contributed by atoms with van der Waals surface area (Å²) in [4.78, 5) is 0. The van der Waals surface area contributed by atoms with Crippen molar-refractivity contribution in [3.05, 3.63) is 29.8 Å². The first-order valence-electron chi connectivity index (χ1n) is 2.70. The van der Waals surface area contributed by atoms with Crippen LogP contribution in [0.1, 0.15) is 5.56 Å². The monoisotopic (exact) mass is 104 g/mol. The van der Waals surface area contributed by atoms with Crippen LogP contribution in [-0.2, 0) is 6.54 Å². The molecular weight excluding hydrogens is 98.1 g/mol. The molecule has 0 saturated carbocycles. The second kappa shape index (κ2) is 1.25. The summed E-state index contributed by atoms with van der Waals surface area (Å²) in [6.45, 7) is 0.996. The van der Waals surface area contributed by atoms with Gasteiger partial charge in [0.15, 0.2) is 0 Å². The van der Waals surface area contributed by atoms with Crippen molar-refractivity contribution in [2.24, 2.45) is 0 Å². The van der Waals surface area contributed by atoms with Crippen molar-refractivity contribution < 1.29 is 0 Å². The van der Waals surface area contributed by atoms with Gasteiger partial charge in [-0.3, -0.25) is 0 Å². The Labute approximate surface area is 48.3 Å². The summed E-state index contributed by atoms with van der Waals surface area (Å²) in [5.74, 6) is 0. The summed E-state index contributed by atoms with van der Waals surface area (Å²) >= 11 is 0. The Morgan fingerprint density at radius 3 is 3.00 bits per heavy atom. The molecule has 0 saturated heterocycles. The molecule has 8 heavy (non-hydrogen) atoms. The molecule has 0 bridgehead atoms. The zero-order valence-electron chi connectivity index (χ0n) is 4.44. The summed E-state index contributed by atoms with van der Waals surface area (Å²) in [5, 5.41) is 3.16. The number of hydrogen-bond donors (Lipinski definition) is 1. The molecule has 1 aliphatic rings. The van der Waals surface area contributed by atoms with Crippen LogP contribution in [0.15, 0.2) is 18.2 Å². The number of hydrogen-bond acceptors (Lipinski definition) is 1. The smallest absolute Gasteiger partial charge is 0.0427 e. The molecule has 0 unspecified atom stereocenters. The number of rotatable bonds is 0. The second-order valence-corrected chi connectivity index (χ2v) is 1.92. The average molecular weight is 104 g/mol. The highest BCUT2D eigenvalue weighted by Crippen LogP contribution is 2.22. The Morgan fingerprint density at radius 2 is 2.62 bits per heavy atom. The first kappa shape index (κ1) is 3.96. The van der Waals surface area contributed by atoms with Gasteiger partial charge in [0.05, 0.1) is 0 Å². The molecule has 0 aliphatic carbocycles. The quantitative estimate of drug-likeness (QED) is 0.524. The van der Waals surface area contributed by atoms with Crippen molar-refractivity contribution in [3.8, 4) is 0 Å². The Kier molecular flexibility index (Phi) is 0.618. The summed E-state index contributed by atoms with van der Waals surface area (Å²) in [7, 11) is 0. The first-order valence-corrected chi connectivity index (χ1v) is 2.70. The van der Waals surface area contributed by atoms with E-state index < -0.39 is 0 Å². The van der Waals surface area contributed by atoms with Gasteiger partial charge in [0, 0.05) is 17.8 Å². The SMILES string of the molecule is [c]1cccc2c1CN2. The van der Waals surface area contributed by atoms with Crippen LogP contribution < -0.4 is 5.32 Å². The molecule has 1 heterocycles. The minimum absolute atomic E-state index is 0.996. The maximum absolute atomic E-state index is 3.16. The van der Waals surface area contributed by atoms with E-state index in [1.54, 1.807) is 0 Å². The lowest BCUT2D eigenvalue weighted by Crippen LogP contribution is -2.12. The molecular formula is C7H6N. The molecule has 39 valence electrons. The highest BCUT2D eigenvalue weighted by Gasteiger charge is 2.08. The van der Waals surface area contributed by atoms with E-state index in [0.29, 0.717) is 0 Å². The predicted molar refractivity (Wildman–Crippen MR) is 32.6 cm³/mol. The molecule has 1 N–H and O–H groups in total. The fourth-order valence-electron chi connectivity index (χ4n) is 0.860. The van der Waals surface area contributed by atoms with Crippen LogP contribution in [0.3, 0.4) is 0 Å². The molecule has 1 radical (unpaired) electrons. The summed E-state index contributed by atoms with van der Waals surface area (Å²) in [5.41, 5.74) is 2.56. The van der Waals surface area contributed by atoms with Crippen LogP contribution in [0.2, 0.25) is 0 Å². The molecule has 1 heteroatoms. The third-order valence-electron chi connectivity index (χ3n) is 1.40. The number of benzene rings is 1. The first-order chi connectivity index (χ1) is 3.97. The summed E-state index contributed by atoms with van der Waals surface area (Å²) in [6, 6.07) is 9.12. The fraction of sp³-hybridized carbons (Fsp3) is 0.143. The van der Waals surface area contributed by atoms with E-state index in [2.05, 4.69) is 17.4 Å². The maximum atomic E-state index is 3.16. The third kappa shape index (κ3) is 0.360. The van der Waals surface area contributed by atoms with E-state index in [9.17, 15) is 0 Å². The summed E-state index contributed by atoms with van der Waals surface area (Å²) < 4.78 is 0. The number of nitrogens with one attached hydrogen (secondary N) is 1. The molecule has 2 rings (SSSR count). The Hall–Kier alpha value is -0.980. The largest absolute Gasteiger partial charge is 0.381 e. The van der Waals surface area contributed by atoms with Crippen molar-refractivity contribution in [2.45, 2.75) is 6.54 Å².